The molecule has 10 nitrogen and oxygen atoms in total. The highest BCUT2D eigenvalue weighted by Crippen LogP contribution is 2.41. The van der Waals surface area contributed by atoms with Crippen LogP contribution in [0.25, 0.3) is 11.1 Å². The Morgan fingerprint density at radius 2 is 1.64 bits per heavy atom. The SMILES string of the molecule is CC[C@@H]1C[C@H](N(Cc2cc(C(F)(F)F)cc(C(F)(F)F)c2)c2ncc(-c3cnn(C)c3)cn2)CN1C(=O)OCC1(C(O)O)CCCC1. The number of ether oxygens (including phenoxy) is 1. The molecule has 2 aliphatic rings. The largest absolute Gasteiger partial charge is 0.449 e. The first-order valence-corrected chi connectivity index (χ1v) is 15.3. The Morgan fingerprint density at radius 1 is 1.02 bits per heavy atom. The van der Waals surface area contributed by atoms with E-state index in [1.165, 1.54) is 22.2 Å². The number of aliphatic hydroxyl groups is 2. The third kappa shape index (κ3) is 7.64. The van der Waals surface area contributed by atoms with Crippen molar-refractivity contribution >= 4 is 12.0 Å². The van der Waals surface area contributed by atoms with Crippen molar-refractivity contribution in [3.05, 3.63) is 59.7 Å². The average Bonchev–Trinajstić information content (AvgIpc) is 3.78. The van der Waals surface area contributed by atoms with Crippen molar-refractivity contribution in [1.29, 1.82) is 0 Å². The number of aromatic nitrogens is 4. The fourth-order valence-corrected chi connectivity index (χ4v) is 6.43. The molecule has 1 aromatic carbocycles. The molecule has 2 aromatic heterocycles. The number of amides is 1. The van der Waals surface area contributed by atoms with Gasteiger partial charge in [0, 0.05) is 55.9 Å². The van der Waals surface area contributed by atoms with Gasteiger partial charge in [-0.1, -0.05) is 19.8 Å². The molecule has 0 radical (unpaired) electrons. The van der Waals surface area contributed by atoms with Gasteiger partial charge in [-0.25, -0.2) is 14.8 Å². The highest BCUT2D eigenvalue weighted by Gasteiger charge is 2.44. The number of carbonyl (C=O) groups excluding carboxylic acids is 1. The molecule has 47 heavy (non-hydrogen) atoms. The molecule has 256 valence electrons. The van der Waals surface area contributed by atoms with E-state index in [1.807, 2.05) is 6.92 Å². The zero-order valence-corrected chi connectivity index (χ0v) is 25.8. The number of carbonyl (C=O) groups is 1. The van der Waals surface area contributed by atoms with E-state index in [1.54, 1.807) is 24.1 Å². The molecule has 16 heteroatoms. The second-order valence-electron chi connectivity index (χ2n) is 12.3. The number of benzene rings is 1. The molecule has 5 rings (SSSR count). The van der Waals surface area contributed by atoms with Gasteiger partial charge in [0.25, 0.3) is 0 Å². The smallest absolute Gasteiger partial charge is 0.416 e. The van der Waals surface area contributed by atoms with E-state index in [0.29, 0.717) is 48.9 Å². The van der Waals surface area contributed by atoms with Gasteiger partial charge in [0.15, 0.2) is 6.29 Å². The fraction of sp³-hybridized carbons (Fsp3) is 0.548. The number of halogens is 6. The van der Waals surface area contributed by atoms with Gasteiger partial charge in [0.1, 0.15) is 6.61 Å². The van der Waals surface area contributed by atoms with Gasteiger partial charge in [0.05, 0.1) is 28.8 Å². The number of alkyl halides is 6. The third-order valence-electron chi connectivity index (χ3n) is 9.10. The number of hydrogen-bond acceptors (Lipinski definition) is 8. The van der Waals surface area contributed by atoms with Crippen LogP contribution in [0, 0.1) is 5.41 Å². The highest BCUT2D eigenvalue weighted by molar-refractivity contribution is 5.69. The van der Waals surface area contributed by atoms with Gasteiger partial charge in [-0.3, -0.25) is 4.68 Å². The van der Waals surface area contributed by atoms with Crippen LogP contribution >= 0.6 is 0 Å². The fourth-order valence-electron chi connectivity index (χ4n) is 6.43. The molecule has 2 atom stereocenters. The number of nitrogens with zero attached hydrogens (tertiary/aromatic N) is 6. The average molecular weight is 671 g/mol. The topological polar surface area (TPSA) is 117 Å². The molecule has 0 bridgehead atoms. The molecule has 0 spiro atoms. The Labute approximate surface area is 267 Å². The van der Waals surface area contributed by atoms with Gasteiger partial charge in [-0.05, 0) is 49.4 Å². The minimum absolute atomic E-state index is 0.0187. The number of likely N-dealkylation sites (tertiary alicyclic amines) is 1. The molecule has 1 saturated heterocycles. The lowest BCUT2D eigenvalue weighted by atomic mass is 9.86. The summed E-state index contributed by atoms with van der Waals surface area (Å²) in [5.41, 5.74) is -2.81. The normalized spacial score (nSPS) is 19.9. The number of aliphatic hydroxyl groups excluding tert-OH is 1. The number of hydrogen-bond donors (Lipinski definition) is 2. The van der Waals surface area contributed by atoms with Crippen LogP contribution in [0.15, 0.2) is 43.0 Å². The van der Waals surface area contributed by atoms with Crippen LogP contribution < -0.4 is 4.90 Å². The summed E-state index contributed by atoms with van der Waals surface area (Å²) < 4.78 is 89.4. The monoisotopic (exact) mass is 670 g/mol. The summed E-state index contributed by atoms with van der Waals surface area (Å²) in [7, 11) is 1.73. The molecular weight excluding hydrogens is 634 g/mol. The minimum Gasteiger partial charge on any atom is -0.449 e. The summed E-state index contributed by atoms with van der Waals surface area (Å²) in [5, 5.41) is 24.1. The quantitative estimate of drug-likeness (QED) is 0.218. The van der Waals surface area contributed by atoms with Crippen LogP contribution in [0.2, 0.25) is 0 Å². The van der Waals surface area contributed by atoms with Crippen LogP contribution in [-0.2, 0) is 30.7 Å². The summed E-state index contributed by atoms with van der Waals surface area (Å²) in [4.78, 5) is 25.2. The predicted octanol–water partition coefficient (Wildman–Crippen LogP) is 5.78. The summed E-state index contributed by atoms with van der Waals surface area (Å²) in [6, 6.07) is 0.436. The maximum atomic E-state index is 13.7. The van der Waals surface area contributed by atoms with Gasteiger partial charge in [-0.2, -0.15) is 31.4 Å². The van der Waals surface area contributed by atoms with Crippen LogP contribution in [-0.4, -0.2) is 72.5 Å². The number of rotatable bonds is 9. The second kappa shape index (κ2) is 13.3. The summed E-state index contributed by atoms with van der Waals surface area (Å²) >= 11 is 0. The Bertz CT molecular complexity index is 1510. The maximum absolute atomic E-state index is 13.7. The Morgan fingerprint density at radius 3 is 2.15 bits per heavy atom. The Hall–Kier alpha value is -3.92. The summed E-state index contributed by atoms with van der Waals surface area (Å²) in [5.74, 6) is 0.0481. The molecule has 2 fully saturated rings. The third-order valence-corrected chi connectivity index (χ3v) is 9.10. The standard InChI is InChI=1S/C31H36F6N6O4/c1-3-24-11-25(17-43(24)28(46)47-18-29(26(44)45)6-4-5-7-29)42(27-38-12-20(13-39-27)21-14-40-41(2)16-21)15-19-8-22(30(32,33)34)10-23(9-19)31(35,36)37/h8-10,12-14,16,24-26,44-45H,3-7,11,15,17-18H2,1-2H3/t24-,25+/m1/s1. The van der Waals surface area contributed by atoms with Gasteiger partial charge >= 0.3 is 18.4 Å². The first kappa shape index (κ1) is 34.4. The van der Waals surface area contributed by atoms with Crippen molar-refractivity contribution in [3.8, 4) is 11.1 Å². The van der Waals surface area contributed by atoms with E-state index in [0.717, 1.165) is 12.8 Å². The van der Waals surface area contributed by atoms with E-state index in [-0.39, 0.29) is 36.8 Å². The van der Waals surface area contributed by atoms with Crippen molar-refractivity contribution in [3.63, 3.8) is 0 Å². The Kier molecular flexibility index (Phi) is 9.74. The second-order valence-corrected chi connectivity index (χ2v) is 12.3. The highest BCUT2D eigenvalue weighted by atomic mass is 19.4. The van der Waals surface area contributed by atoms with Crippen LogP contribution in [0.1, 0.15) is 62.1 Å². The molecule has 1 saturated carbocycles. The van der Waals surface area contributed by atoms with E-state index < -0.39 is 53.9 Å². The zero-order chi connectivity index (χ0) is 34.1. The lowest BCUT2D eigenvalue weighted by molar-refractivity contribution is -0.150. The molecule has 1 aliphatic heterocycles. The van der Waals surface area contributed by atoms with E-state index in [4.69, 9.17) is 4.74 Å². The maximum Gasteiger partial charge on any atom is 0.416 e. The van der Waals surface area contributed by atoms with Gasteiger partial charge in [-0.15, -0.1) is 0 Å². The lowest BCUT2D eigenvalue weighted by Crippen LogP contribution is -2.43. The molecule has 2 N–H and O–H groups in total. The van der Waals surface area contributed by atoms with E-state index >= 15 is 0 Å². The number of aryl methyl sites for hydroxylation is 1. The first-order chi connectivity index (χ1) is 22.1. The predicted molar refractivity (Wildman–Crippen MR) is 157 cm³/mol. The van der Waals surface area contributed by atoms with Crippen molar-refractivity contribution in [2.75, 3.05) is 18.1 Å². The minimum atomic E-state index is -5.03. The number of anilines is 1. The molecule has 1 amide bonds. The first-order valence-electron chi connectivity index (χ1n) is 15.3. The molecule has 0 unspecified atom stereocenters. The van der Waals surface area contributed by atoms with Crippen molar-refractivity contribution < 1.29 is 46.1 Å². The van der Waals surface area contributed by atoms with Crippen LogP contribution in [0.4, 0.5) is 37.1 Å². The Balaban J connectivity index is 1.46. The van der Waals surface area contributed by atoms with E-state index in [9.17, 15) is 41.4 Å². The molecule has 1 aliphatic carbocycles. The molecule has 3 aromatic rings. The molecular formula is C31H36F6N6O4. The molecule has 3 heterocycles. The zero-order valence-electron chi connectivity index (χ0n) is 25.8. The van der Waals surface area contributed by atoms with Gasteiger partial charge < -0.3 is 24.7 Å². The lowest BCUT2D eigenvalue weighted by Gasteiger charge is -2.32. The van der Waals surface area contributed by atoms with Crippen molar-refractivity contribution in [2.24, 2.45) is 12.5 Å². The summed E-state index contributed by atoms with van der Waals surface area (Å²) in [6.45, 7) is 1.25. The van der Waals surface area contributed by atoms with Crippen LogP contribution in [0.3, 0.4) is 0 Å². The summed E-state index contributed by atoms with van der Waals surface area (Å²) in [6.07, 6.45) is -2.84. The van der Waals surface area contributed by atoms with Crippen molar-refractivity contribution in [1.82, 2.24) is 24.6 Å². The van der Waals surface area contributed by atoms with Crippen molar-refractivity contribution in [2.45, 2.75) is 82.7 Å². The van der Waals surface area contributed by atoms with E-state index in [2.05, 4.69) is 15.1 Å². The van der Waals surface area contributed by atoms with Gasteiger partial charge in [0.2, 0.25) is 5.95 Å². The van der Waals surface area contributed by atoms with Crippen LogP contribution in [0.5, 0.6) is 0 Å².